The number of hydrogen-bond donors (Lipinski definition) is 2. The van der Waals surface area contributed by atoms with Gasteiger partial charge in [-0.25, -0.2) is 4.98 Å². The van der Waals surface area contributed by atoms with Gasteiger partial charge in [-0.05, 0) is 47.7 Å². The highest BCUT2D eigenvalue weighted by Crippen LogP contribution is 2.26. The summed E-state index contributed by atoms with van der Waals surface area (Å²) < 4.78 is 5.26. The van der Waals surface area contributed by atoms with E-state index in [9.17, 15) is 0 Å². The molecule has 0 radical (unpaired) electrons. The number of benzene rings is 2. The lowest BCUT2D eigenvalue weighted by molar-refractivity contribution is 0.414. The summed E-state index contributed by atoms with van der Waals surface area (Å²) in [6, 6.07) is 18.3. The highest BCUT2D eigenvalue weighted by molar-refractivity contribution is 5.61. The maximum Gasteiger partial charge on any atom is 0.224 e. The Labute approximate surface area is 160 Å². The van der Waals surface area contributed by atoms with E-state index >= 15 is 0 Å². The molecule has 3 aromatic rings. The summed E-state index contributed by atoms with van der Waals surface area (Å²) in [5, 5.41) is 6.70. The maximum atomic E-state index is 5.26. The Morgan fingerprint density at radius 3 is 2.70 bits per heavy atom. The monoisotopic (exact) mass is 362 g/mol. The zero-order chi connectivity index (χ0) is 19.1. The van der Waals surface area contributed by atoms with Gasteiger partial charge in [0, 0.05) is 18.4 Å². The van der Waals surface area contributed by atoms with Gasteiger partial charge in [0.15, 0.2) is 0 Å². The van der Waals surface area contributed by atoms with E-state index < -0.39 is 0 Å². The molecule has 0 bridgehead atoms. The van der Waals surface area contributed by atoms with Gasteiger partial charge in [-0.2, -0.15) is 4.98 Å². The van der Waals surface area contributed by atoms with Gasteiger partial charge in [-0.1, -0.05) is 44.2 Å². The molecule has 1 heterocycles. The lowest BCUT2D eigenvalue weighted by Gasteiger charge is -2.14. The van der Waals surface area contributed by atoms with Crippen molar-refractivity contribution < 1.29 is 4.74 Å². The molecule has 0 aliphatic rings. The molecule has 0 atom stereocenters. The number of para-hydroxylation sites is 1. The largest absolute Gasteiger partial charge is 0.497 e. The first-order chi connectivity index (χ1) is 13.2. The Balaban J connectivity index is 1.62. The quantitative estimate of drug-likeness (QED) is 0.590. The zero-order valence-electron chi connectivity index (χ0n) is 16.1. The topological polar surface area (TPSA) is 59.1 Å². The first kappa shape index (κ1) is 18.7. The number of methoxy groups -OCH3 is 1. The number of aromatic nitrogens is 2. The average molecular weight is 362 g/mol. The number of anilines is 3. The first-order valence-electron chi connectivity index (χ1n) is 9.21. The van der Waals surface area contributed by atoms with Crippen LogP contribution in [0.1, 0.15) is 30.9 Å². The van der Waals surface area contributed by atoms with Crippen LogP contribution in [0.3, 0.4) is 0 Å². The lowest BCUT2D eigenvalue weighted by atomic mass is 10.0. The third-order valence-corrected chi connectivity index (χ3v) is 4.33. The van der Waals surface area contributed by atoms with Crippen molar-refractivity contribution in [2.24, 2.45) is 0 Å². The number of hydrogen-bond acceptors (Lipinski definition) is 5. The van der Waals surface area contributed by atoms with Gasteiger partial charge in [-0.15, -0.1) is 0 Å². The third-order valence-electron chi connectivity index (χ3n) is 4.33. The Bertz CT molecular complexity index is 879. The van der Waals surface area contributed by atoms with Gasteiger partial charge in [0.05, 0.1) is 7.11 Å². The van der Waals surface area contributed by atoms with Crippen molar-refractivity contribution in [1.82, 2.24) is 9.97 Å². The summed E-state index contributed by atoms with van der Waals surface area (Å²) in [5.74, 6) is 2.71. The van der Waals surface area contributed by atoms with Crippen LogP contribution in [-0.4, -0.2) is 23.6 Å². The Kier molecular flexibility index (Phi) is 6.26. The van der Waals surface area contributed by atoms with Crippen LogP contribution in [0.15, 0.2) is 60.8 Å². The van der Waals surface area contributed by atoms with Crippen molar-refractivity contribution in [2.45, 2.75) is 26.2 Å². The molecule has 0 unspecified atom stereocenters. The van der Waals surface area contributed by atoms with E-state index in [2.05, 4.69) is 58.7 Å². The molecule has 0 spiro atoms. The number of nitrogens with zero attached hydrogens (tertiary/aromatic N) is 2. The second-order valence-electron chi connectivity index (χ2n) is 6.66. The van der Waals surface area contributed by atoms with Crippen LogP contribution in [0.25, 0.3) is 0 Å². The molecule has 0 aliphatic carbocycles. The second-order valence-corrected chi connectivity index (χ2v) is 6.66. The summed E-state index contributed by atoms with van der Waals surface area (Å²) in [5.41, 5.74) is 3.55. The van der Waals surface area contributed by atoms with Crippen LogP contribution in [0, 0.1) is 0 Å². The van der Waals surface area contributed by atoms with E-state index in [4.69, 9.17) is 4.74 Å². The number of ether oxygens (including phenoxy) is 1. The highest BCUT2D eigenvalue weighted by atomic mass is 16.5. The standard InChI is InChI=1S/C22H26N4O/c1-16(2)19-9-4-5-10-20(19)25-21-12-14-24-22(26-21)23-13-11-17-7-6-8-18(15-17)27-3/h4-10,12,14-16H,11,13H2,1-3H3,(H2,23,24,25,26). The van der Waals surface area contributed by atoms with E-state index in [0.717, 1.165) is 30.2 Å². The van der Waals surface area contributed by atoms with Gasteiger partial charge in [0.2, 0.25) is 5.95 Å². The minimum Gasteiger partial charge on any atom is -0.497 e. The van der Waals surface area contributed by atoms with Crippen molar-refractivity contribution in [3.63, 3.8) is 0 Å². The Hall–Kier alpha value is -3.08. The van der Waals surface area contributed by atoms with Crippen LogP contribution in [0.5, 0.6) is 5.75 Å². The normalized spacial score (nSPS) is 10.7. The molecule has 0 amide bonds. The molecular formula is C22H26N4O. The Morgan fingerprint density at radius 2 is 1.89 bits per heavy atom. The first-order valence-corrected chi connectivity index (χ1v) is 9.21. The molecule has 5 heteroatoms. The van der Waals surface area contributed by atoms with E-state index in [-0.39, 0.29) is 0 Å². The molecule has 0 aliphatic heterocycles. The summed E-state index contributed by atoms with van der Waals surface area (Å²) >= 11 is 0. The van der Waals surface area contributed by atoms with Crippen molar-refractivity contribution in [3.8, 4) is 5.75 Å². The molecule has 140 valence electrons. The summed E-state index contributed by atoms with van der Waals surface area (Å²) in [6.45, 7) is 5.12. The fourth-order valence-corrected chi connectivity index (χ4v) is 2.91. The number of nitrogens with one attached hydrogen (secondary N) is 2. The van der Waals surface area contributed by atoms with E-state index in [1.165, 1.54) is 11.1 Å². The van der Waals surface area contributed by atoms with Crippen molar-refractivity contribution in [3.05, 3.63) is 71.9 Å². The summed E-state index contributed by atoms with van der Waals surface area (Å²) in [4.78, 5) is 8.89. The lowest BCUT2D eigenvalue weighted by Crippen LogP contribution is -2.09. The molecule has 5 nitrogen and oxygen atoms in total. The van der Waals surface area contributed by atoms with Crippen molar-refractivity contribution >= 4 is 17.5 Å². The minimum absolute atomic E-state index is 0.441. The SMILES string of the molecule is COc1cccc(CCNc2nccc(Nc3ccccc3C(C)C)n2)c1. The molecule has 3 rings (SSSR count). The van der Waals surface area contributed by atoms with Crippen LogP contribution >= 0.6 is 0 Å². The minimum atomic E-state index is 0.441. The summed E-state index contributed by atoms with van der Waals surface area (Å²) in [6.07, 6.45) is 2.63. The Morgan fingerprint density at radius 1 is 1.04 bits per heavy atom. The molecule has 0 saturated carbocycles. The second kappa shape index (κ2) is 9.03. The van der Waals surface area contributed by atoms with Crippen molar-refractivity contribution in [1.29, 1.82) is 0 Å². The smallest absolute Gasteiger partial charge is 0.224 e. The fourth-order valence-electron chi connectivity index (χ4n) is 2.91. The van der Waals surface area contributed by atoms with Crippen LogP contribution in [-0.2, 0) is 6.42 Å². The summed E-state index contributed by atoms with van der Waals surface area (Å²) in [7, 11) is 1.68. The molecule has 0 fully saturated rings. The van der Waals surface area contributed by atoms with Gasteiger partial charge < -0.3 is 15.4 Å². The molecule has 2 aromatic carbocycles. The van der Waals surface area contributed by atoms with Gasteiger partial charge in [-0.3, -0.25) is 0 Å². The van der Waals surface area contributed by atoms with Crippen LogP contribution < -0.4 is 15.4 Å². The van der Waals surface area contributed by atoms with Gasteiger partial charge >= 0.3 is 0 Å². The van der Waals surface area contributed by atoms with Gasteiger partial charge in [0.25, 0.3) is 0 Å². The predicted octanol–water partition coefficient (Wildman–Crippen LogP) is 5.01. The molecule has 0 saturated heterocycles. The molecular weight excluding hydrogens is 336 g/mol. The molecule has 27 heavy (non-hydrogen) atoms. The average Bonchev–Trinajstić information content (AvgIpc) is 2.69. The van der Waals surface area contributed by atoms with E-state index in [1.807, 2.05) is 30.3 Å². The van der Waals surface area contributed by atoms with Crippen LogP contribution in [0.2, 0.25) is 0 Å². The molecule has 2 N–H and O–H groups in total. The predicted molar refractivity (Wildman–Crippen MR) is 111 cm³/mol. The zero-order valence-corrected chi connectivity index (χ0v) is 16.1. The highest BCUT2D eigenvalue weighted by Gasteiger charge is 2.07. The van der Waals surface area contributed by atoms with Crippen LogP contribution in [0.4, 0.5) is 17.5 Å². The third kappa shape index (κ3) is 5.20. The fraction of sp³-hybridized carbons (Fsp3) is 0.273. The van der Waals surface area contributed by atoms with Gasteiger partial charge in [0.1, 0.15) is 11.6 Å². The number of rotatable bonds is 8. The van der Waals surface area contributed by atoms with Crippen molar-refractivity contribution in [2.75, 3.05) is 24.3 Å². The maximum absolute atomic E-state index is 5.26. The van der Waals surface area contributed by atoms with E-state index in [1.54, 1.807) is 13.3 Å². The molecule has 1 aromatic heterocycles. The van der Waals surface area contributed by atoms with E-state index in [0.29, 0.717) is 11.9 Å².